The molecule has 2 aromatic rings. The van der Waals surface area contributed by atoms with Crippen molar-refractivity contribution in [2.24, 2.45) is 0 Å². The topological polar surface area (TPSA) is 29.0 Å². The predicted octanol–water partition coefficient (Wildman–Crippen LogP) is 3.93. The third-order valence-corrected chi connectivity index (χ3v) is 3.72. The first-order chi connectivity index (χ1) is 9.69. The van der Waals surface area contributed by atoms with Crippen molar-refractivity contribution in [2.45, 2.75) is 39.4 Å². The molecule has 0 saturated carbocycles. The van der Waals surface area contributed by atoms with E-state index in [4.69, 9.17) is 11.6 Å². The average molecular weight is 290 g/mol. The van der Waals surface area contributed by atoms with Crippen LogP contribution in [0.25, 0.3) is 0 Å². The fourth-order valence-corrected chi connectivity index (χ4v) is 2.20. The molecule has 0 bridgehead atoms. The zero-order valence-corrected chi connectivity index (χ0v) is 12.7. The number of aromatic nitrogens is 2. The van der Waals surface area contributed by atoms with E-state index in [9.17, 15) is 0 Å². The van der Waals surface area contributed by atoms with E-state index in [2.05, 4.69) is 34.8 Å². The zero-order valence-electron chi connectivity index (χ0n) is 12.0. The van der Waals surface area contributed by atoms with Crippen molar-refractivity contribution in [3.05, 3.63) is 59.1 Å². The Kier molecular flexibility index (Phi) is 5.50. The van der Waals surface area contributed by atoms with Crippen molar-refractivity contribution >= 4 is 11.6 Å². The molecular weight excluding hydrogens is 270 g/mol. The molecular formula is C16H20ClN3. The molecule has 0 aliphatic heterocycles. The molecule has 0 radical (unpaired) electrons. The zero-order chi connectivity index (χ0) is 14.4. The summed E-state index contributed by atoms with van der Waals surface area (Å²) in [5.41, 5.74) is 2.41. The Morgan fingerprint density at radius 1 is 1.15 bits per heavy atom. The first-order valence-electron chi connectivity index (χ1n) is 6.92. The number of pyridine rings is 2. The van der Waals surface area contributed by atoms with Crippen LogP contribution in [0.3, 0.4) is 0 Å². The van der Waals surface area contributed by atoms with E-state index >= 15 is 0 Å². The Hall–Kier alpha value is -1.45. The van der Waals surface area contributed by atoms with Gasteiger partial charge < -0.3 is 0 Å². The molecule has 2 rings (SSSR count). The first-order valence-corrected chi connectivity index (χ1v) is 7.30. The minimum atomic E-state index is 0.505. The Balaban J connectivity index is 2.09. The summed E-state index contributed by atoms with van der Waals surface area (Å²) in [7, 11) is 0. The van der Waals surface area contributed by atoms with E-state index < -0.39 is 0 Å². The number of hydrogen-bond acceptors (Lipinski definition) is 3. The SMILES string of the molecule is CC[C@H](C)N(Cc1cccnc1)Cc1ccc(Cl)nc1. The lowest BCUT2D eigenvalue weighted by molar-refractivity contribution is 0.185. The molecule has 0 N–H and O–H groups in total. The quantitative estimate of drug-likeness (QED) is 0.755. The molecule has 2 heterocycles. The molecule has 0 saturated heterocycles. The number of halogens is 1. The van der Waals surface area contributed by atoms with E-state index in [1.165, 1.54) is 11.1 Å². The molecule has 20 heavy (non-hydrogen) atoms. The van der Waals surface area contributed by atoms with Crippen LogP contribution >= 0.6 is 11.6 Å². The highest BCUT2D eigenvalue weighted by Gasteiger charge is 2.13. The minimum Gasteiger partial charge on any atom is -0.292 e. The molecule has 2 aromatic heterocycles. The summed E-state index contributed by atoms with van der Waals surface area (Å²) >= 11 is 5.83. The van der Waals surface area contributed by atoms with E-state index in [1.54, 1.807) is 6.20 Å². The lowest BCUT2D eigenvalue weighted by Gasteiger charge is -2.28. The van der Waals surface area contributed by atoms with E-state index in [-0.39, 0.29) is 0 Å². The smallest absolute Gasteiger partial charge is 0.129 e. The summed E-state index contributed by atoms with van der Waals surface area (Å²) in [6, 6.07) is 8.48. The summed E-state index contributed by atoms with van der Waals surface area (Å²) in [6.45, 7) is 6.22. The maximum absolute atomic E-state index is 5.83. The van der Waals surface area contributed by atoms with Crippen LogP contribution in [0.2, 0.25) is 5.15 Å². The van der Waals surface area contributed by atoms with Gasteiger partial charge in [-0.2, -0.15) is 0 Å². The molecule has 3 nitrogen and oxygen atoms in total. The van der Waals surface area contributed by atoms with Gasteiger partial charge in [0.25, 0.3) is 0 Å². The van der Waals surface area contributed by atoms with Gasteiger partial charge in [-0.05, 0) is 36.6 Å². The highest BCUT2D eigenvalue weighted by molar-refractivity contribution is 6.29. The molecule has 0 aliphatic carbocycles. The summed E-state index contributed by atoms with van der Waals surface area (Å²) in [5, 5.41) is 0.538. The van der Waals surface area contributed by atoms with Gasteiger partial charge in [-0.25, -0.2) is 4.98 Å². The normalized spacial score (nSPS) is 12.6. The van der Waals surface area contributed by atoms with E-state index in [0.29, 0.717) is 11.2 Å². The predicted molar refractivity (Wildman–Crippen MR) is 82.5 cm³/mol. The molecule has 0 spiro atoms. The van der Waals surface area contributed by atoms with Crippen LogP contribution in [-0.4, -0.2) is 20.9 Å². The fraction of sp³-hybridized carbons (Fsp3) is 0.375. The molecule has 1 atom stereocenters. The van der Waals surface area contributed by atoms with Crippen LogP contribution in [0.15, 0.2) is 42.9 Å². The Bertz CT molecular complexity index is 513. The van der Waals surface area contributed by atoms with Crippen LogP contribution in [0.5, 0.6) is 0 Å². The third kappa shape index (κ3) is 4.29. The summed E-state index contributed by atoms with van der Waals surface area (Å²) in [6.07, 6.45) is 6.69. The maximum atomic E-state index is 5.83. The number of hydrogen-bond donors (Lipinski definition) is 0. The molecule has 106 valence electrons. The van der Waals surface area contributed by atoms with Crippen molar-refractivity contribution in [2.75, 3.05) is 0 Å². The van der Waals surface area contributed by atoms with Gasteiger partial charge in [-0.3, -0.25) is 9.88 Å². The second-order valence-electron chi connectivity index (χ2n) is 5.01. The summed E-state index contributed by atoms with van der Waals surface area (Å²) in [5.74, 6) is 0. The highest BCUT2D eigenvalue weighted by atomic mass is 35.5. The van der Waals surface area contributed by atoms with Crippen LogP contribution in [-0.2, 0) is 13.1 Å². The standard InChI is InChI=1S/C16H20ClN3/c1-3-13(2)20(11-14-5-4-8-18-9-14)12-15-6-7-16(17)19-10-15/h4-10,13H,3,11-12H2,1-2H3/t13-/m0/s1. The maximum Gasteiger partial charge on any atom is 0.129 e. The molecule has 0 aliphatic rings. The van der Waals surface area contributed by atoms with Gasteiger partial charge in [0.05, 0.1) is 0 Å². The monoisotopic (exact) mass is 289 g/mol. The van der Waals surface area contributed by atoms with Crippen molar-refractivity contribution < 1.29 is 0 Å². The van der Waals surface area contributed by atoms with Gasteiger partial charge in [-0.15, -0.1) is 0 Å². The minimum absolute atomic E-state index is 0.505. The van der Waals surface area contributed by atoms with Gasteiger partial charge in [0.1, 0.15) is 5.15 Å². The van der Waals surface area contributed by atoms with Gasteiger partial charge in [0, 0.05) is 37.7 Å². The number of nitrogens with zero attached hydrogens (tertiary/aromatic N) is 3. The lowest BCUT2D eigenvalue weighted by Crippen LogP contribution is -2.31. The first kappa shape index (κ1) is 14.9. The van der Waals surface area contributed by atoms with E-state index in [0.717, 1.165) is 19.5 Å². The number of rotatable bonds is 6. The fourth-order valence-electron chi connectivity index (χ4n) is 2.09. The molecule has 0 fully saturated rings. The van der Waals surface area contributed by atoms with Gasteiger partial charge in [-0.1, -0.05) is 30.7 Å². The Morgan fingerprint density at radius 2 is 1.90 bits per heavy atom. The van der Waals surface area contributed by atoms with Gasteiger partial charge in [0.15, 0.2) is 0 Å². The third-order valence-electron chi connectivity index (χ3n) is 3.50. The highest BCUT2D eigenvalue weighted by Crippen LogP contribution is 2.15. The summed E-state index contributed by atoms with van der Waals surface area (Å²) in [4.78, 5) is 10.8. The average Bonchev–Trinajstić information content (AvgIpc) is 2.49. The largest absolute Gasteiger partial charge is 0.292 e. The second kappa shape index (κ2) is 7.36. The summed E-state index contributed by atoms with van der Waals surface area (Å²) < 4.78 is 0. The van der Waals surface area contributed by atoms with Crippen molar-refractivity contribution in [3.63, 3.8) is 0 Å². The van der Waals surface area contributed by atoms with Crippen molar-refractivity contribution in [3.8, 4) is 0 Å². The Morgan fingerprint density at radius 3 is 2.45 bits per heavy atom. The van der Waals surface area contributed by atoms with Crippen LogP contribution in [0.4, 0.5) is 0 Å². The van der Waals surface area contributed by atoms with Crippen molar-refractivity contribution in [1.29, 1.82) is 0 Å². The second-order valence-corrected chi connectivity index (χ2v) is 5.40. The Labute approximate surface area is 125 Å². The molecule has 0 amide bonds. The van der Waals surface area contributed by atoms with Crippen molar-refractivity contribution in [1.82, 2.24) is 14.9 Å². The van der Waals surface area contributed by atoms with Crippen LogP contribution in [0, 0.1) is 0 Å². The van der Waals surface area contributed by atoms with Crippen LogP contribution < -0.4 is 0 Å². The molecule has 0 unspecified atom stereocenters. The molecule has 0 aromatic carbocycles. The lowest BCUT2D eigenvalue weighted by atomic mass is 10.1. The van der Waals surface area contributed by atoms with Gasteiger partial charge in [0.2, 0.25) is 0 Å². The van der Waals surface area contributed by atoms with Gasteiger partial charge >= 0.3 is 0 Å². The van der Waals surface area contributed by atoms with E-state index in [1.807, 2.05) is 30.6 Å². The molecule has 4 heteroatoms. The van der Waals surface area contributed by atoms with Crippen LogP contribution in [0.1, 0.15) is 31.4 Å².